The number of aromatic amines is 1. The van der Waals surface area contributed by atoms with Crippen LogP contribution in [0.4, 0.5) is 0 Å². The quantitative estimate of drug-likeness (QED) is 0.554. The topological polar surface area (TPSA) is 49.6 Å². The Morgan fingerprint density at radius 2 is 2.12 bits per heavy atom. The van der Waals surface area contributed by atoms with Gasteiger partial charge in [-0.1, -0.05) is 25.1 Å². The Morgan fingerprint density at radius 1 is 1.27 bits per heavy atom. The number of nitrogens with zero attached hydrogens (tertiary/aromatic N) is 2. The van der Waals surface area contributed by atoms with E-state index < -0.39 is 0 Å². The molecule has 1 aliphatic carbocycles. The Bertz CT molecular complexity index is 1190. The van der Waals surface area contributed by atoms with Gasteiger partial charge in [-0.2, -0.15) is 4.57 Å². The van der Waals surface area contributed by atoms with E-state index in [0.29, 0.717) is 12.5 Å². The van der Waals surface area contributed by atoms with Gasteiger partial charge in [0.05, 0.1) is 5.39 Å². The van der Waals surface area contributed by atoms with Gasteiger partial charge in [-0.25, -0.2) is 4.98 Å². The summed E-state index contributed by atoms with van der Waals surface area (Å²) in [7, 11) is 0. The number of aryl methyl sites for hydroxylation is 1. The molecule has 0 saturated carbocycles. The molecule has 0 bridgehead atoms. The van der Waals surface area contributed by atoms with Crippen LogP contribution in [-0.2, 0) is 19.4 Å². The van der Waals surface area contributed by atoms with Crippen molar-refractivity contribution in [3.05, 3.63) is 69.3 Å². The molecule has 0 saturated heterocycles. The molecule has 3 aromatic heterocycles. The zero-order valence-corrected chi connectivity index (χ0v) is 15.5. The molecule has 0 unspecified atom stereocenters. The number of benzene rings is 1. The van der Waals surface area contributed by atoms with Crippen molar-refractivity contribution < 1.29 is 4.57 Å². The number of fused-ring (bicyclic) bond motifs is 4. The summed E-state index contributed by atoms with van der Waals surface area (Å²) in [5, 5.41) is 3.21. The van der Waals surface area contributed by atoms with Gasteiger partial charge in [0, 0.05) is 16.3 Å². The first kappa shape index (κ1) is 15.7. The summed E-state index contributed by atoms with van der Waals surface area (Å²) in [6, 6.07) is 10.4. The summed E-state index contributed by atoms with van der Waals surface area (Å²) in [4.78, 5) is 22.8. The molecule has 4 nitrogen and oxygen atoms in total. The van der Waals surface area contributed by atoms with Crippen LogP contribution in [0.1, 0.15) is 29.6 Å². The molecule has 26 heavy (non-hydrogen) atoms. The third kappa shape index (κ3) is 2.63. The Morgan fingerprint density at radius 3 is 3.00 bits per heavy atom. The number of hydrogen-bond acceptors (Lipinski definition) is 3. The molecular formula is C21H20N3OS+. The minimum absolute atomic E-state index is 0.0124. The molecule has 1 atom stereocenters. The van der Waals surface area contributed by atoms with Gasteiger partial charge in [-0.3, -0.25) is 4.79 Å². The molecule has 3 heterocycles. The van der Waals surface area contributed by atoms with E-state index in [4.69, 9.17) is 4.98 Å². The Kier molecular flexibility index (Phi) is 3.64. The lowest BCUT2D eigenvalue weighted by atomic mass is 9.89. The van der Waals surface area contributed by atoms with E-state index in [1.54, 1.807) is 11.3 Å². The van der Waals surface area contributed by atoms with Crippen molar-refractivity contribution in [3.8, 4) is 0 Å². The number of thiophene rings is 1. The van der Waals surface area contributed by atoms with E-state index in [-0.39, 0.29) is 5.56 Å². The van der Waals surface area contributed by atoms with Crippen LogP contribution in [0.3, 0.4) is 0 Å². The lowest BCUT2D eigenvalue weighted by Gasteiger charge is -2.17. The number of H-pyrrole nitrogens is 1. The van der Waals surface area contributed by atoms with Crippen LogP contribution in [0, 0.1) is 5.92 Å². The smallest absolute Gasteiger partial charge is 0.260 e. The van der Waals surface area contributed by atoms with E-state index in [2.05, 4.69) is 40.9 Å². The van der Waals surface area contributed by atoms with E-state index in [9.17, 15) is 4.79 Å². The number of pyridine rings is 1. The second-order valence-corrected chi connectivity index (χ2v) is 8.37. The molecule has 1 aromatic carbocycles. The van der Waals surface area contributed by atoms with E-state index >= 15 is 0 Å². The number of hydrogen-bond donors (Lipinski definition) is 1. The minimum Gasteiger partial charge on any atom is -0.305 e. The fourth-order valence-corrected chi connectivity index (χ4v) is 5.32. The lowest BCUT2D eigenvalue weighted by Crippen LogP contribution is -2.35. The second kappa shape index (κ2) is 6.02. The van der Waals surface area contributed by atoms with E-state index in [1.807, 2.05) is 18.3 Å². The van der Waals surface area contributed by atoms with Crippen LogP contribution in [0.15, 0.2) is 47.5 Å². The maximum absolute atomic E-state index is 12.7. The molecule has 1 aliphatic rings. The Hall–Kier alpha value is -2.53. The van der Waals surface area contributed by atoms with Crippen LogP contribution < -0.4 is 10.1 Å². The SMILES string of the molecule is C[C@H]1CCc2c(sc3nc(C[n+]4ccc5ccccc5c4)[nH]c(=O)c23)C1. The first-order valence-corrected chi connectivity index (χ1v) is 9.90. The maximum Gasteiger partial charge on any atom is 0.260 e. The molecule has 130 valence electrons. The van der Waals surface area contributed by atoms with Gasteiger partial charge in [0.25, 0.3) is 5.56 Å². The highest BCUT2D eigenvalue weighted by Gasteiger charge is 2.23. The van der Waals surface area contributed by atoms with Gasteiger partial charge in [0.15, 0.2) is 18.2 Å². The largest absolute Gasteiger partial charge is 0.305 e. The third-order valence-corrected chi connectivity index (χ3v) is 6.44. The summed E-state index contributed by atoms with van der Waals surface area (Å²) in [6.07, 6.45) is 7.37. The molecule has 1 N–H and O–H groups in total. The molecule has 0 fully saturated rings. The standard InChI is InChI=1S/C21H19N3OS/c1-13-6-7-16-17(10-13)26-21-19(16)20(25)22-18(23-21)12-24-9-8-14-4-2-3-5-15(14)11-24/h2-5,8-9,11,13H,6-7,10,12H2,1H3/p+1/t13-/m0/s1. The molecule has 5 heteroatoms. The van der Waals surface area contributed by atoms with Gasteiger partial charge >= 0.3 is 0 Å². The molecule has 4 aromatic rings. The monoisotopic (exact) mass is 362 g/mol. The normalized spacial score (nSPS) is 16.9. The maximum atomic E-state index is 12.7. The lowest BCUT2D eigenvalue weighted by molar-refractivity contribution is -0.688. The van der Waals surface area contributed by atoms with Crippen molar-refractivity contribution in [2.45, 2.75) is 32.7 Å². The van der Waals surface area contributed by atoms with Crippen molar-refractivity contribution in [1.29, 1.82) is 0 Å². The first-order chi connectivity index (χ1) is 12.7. The number of rotatable bonds is 2. The summed E-state index contributed by atoms with van der Waals surface area (Å²) in [5.41, 5.74) is 1.25. The minimum atomic E-state index is 0.0124. The molecule has 5 rings (SSSR count). The average Bonchev–Trinajstić information content (AvgIpc) is 2.99. The van der Waals surface area contributed by atoms with Crippen molar-refractivity contribution >= 4 is 32.3 Å². The Labute approximate surface area is 155 Å². The predicted octanol–water partition coefficient (Wildman–Crippen LogP) is 3.60. The summed E-state index contributed by atoms with van der Waals surface area (Å²) in [6.45, 7) is 2.85. The zero-order valence-electron chi connectivity index (χ0n) is 14.7. The summed E-state index contributed by atoms with van der Waals surface area (Å²) >= 11 is 1.70. The van der Waals surface area contributed by atoms with E-state index in [1.165, 1.54) is 21.2 Å². The van der Waals surface area contributed by atoms with Crippen LogP contribution >= 0.6 is 11.3 Å². The molecule has 0 spiro atoms. The van der Waals surface area contributed by atoms with Crippen molar-refractivity contribution in [2.75, 3.05) is 0 Å². The van der Waals surface area contributed by atoms with Gasteiger partial charge < -0.3 is 4.98 Å². The van der Waals surface area contributed by atoms with Gasteiger partial charge in [0.2, 0.25) is 6.54 Å². The first-order valence-electron chi connectivity index (χ1n) is 9.08. The fraction of sp³-hybridized carbons (Fsp3) is 0.286. The van der Waals surface area contributed by atoms with Crippen LogP contribution in [0.2, 0.25) is 0 Å². The van der Waals surface area contributed by atoms with Crippen LogP contribution in [0.25, 0.3) is 21.0 Å². The third-order valence-electron chi connectivity index (χ3n) is 5.29. The molecule has 0 aliphatic heterocycles. The molecule has 0 radical (unpaired) electrons. The van der Waals surface area contributed by atoms with Gasteiger partial charge in [0.1, 0.15) is 4.83 Å². The predicted molar refractivity (Wildman–Crippen MR) is 105 cm³/mol. The highest BCUT2D eigenvalue weighted by Crippen LogP contribution is 2.35. The van der Waals surface area contributed by atoms with Gasteiger partial charge in [-0.05, 0) is 42.2 Å². The molecule has 0 amide bonds. The fourth-order valence-electron chi connectivity index (χ4n) is 3.92. The average molecular weight is 362 g/mol. The highest BCUT2D eigenvalue weighted by molar-refractivity contribution is 7.18. The second-order valence-electron chi connectivity index (χ2n) is 7.29. The van der Waals surface area contributed by atoms with Crippen LogP contribution in [0.5, 0.6) is 0 Å². The highest BCUT2D eigenvalue weighted by atomic mass is 32.1. The van der Waals surface area contributed by atoms with Crippen molar-refractivity contribution in [1.82, 2.24) is 9.97 Å². The van der Waals surface area contributed by atoms with Crippen LogP contribution in [-0.4, -0.2) is 9.97 Å². The van der Waals surface area contributed by atoms with E-state index in [0.717, 1.165) is 35.3 Å². The Balaban J connectivity index is 1.55. The van der Waals surface area contributed by atoms with Crippen molar-refractivity contribution in [2.24, 2.45) is 5.92 Å². The summed E-state index contributed by atoms with van der Waals surface area (Å²) < 4.78 is 2.07. The summed E-state index contributed by atoms with van der Waals surface area (Å²) in [5.74, 6) is 1.41. The molecular weight excluding hydrogens is 342 g/mol. The van der Waals surface area contributed by atoms with Gasteiger partial charge in [-0.15, -0.1) is 11.3 Å². The van der Waals surface area contributed by atoms with Crippen molar-refractivity contribution in [3.63, 3.8) is 0 Å². The zero-order chi connectivity index (χ0) is 17.7. The number of nitrogens with one attached hydrogen (secondary N) is 1. The number of aromatic nitrogens is 3.